The van der Waals surface area contributed by atoms with Crippen molar-refractivity contribution in [1.82, 2.24) is 4.90 Å². The zero-order valence-corrected chi connectivity index (χ0v) is 14.8. The van der Waals surface area contributed by atoms with Crippen molar-refractivity contribution < 1.29 is 0 Å². The number of hydrogen-bond donors (Lipinski definition) is 2. The molecule has 0 unspecified atom stereocenters. The van der Waals surface area contributed by atoms with Gasteiger partial charge in [0.1, 0.15) is 11.7 Å². The Morgan fingerprint density at radius 2 is 1.67 bits per heavy atom. The normalized spacial score (nSPS) is 15.5. The van der Waals surface area contributed by atoms with E-state index < -0.39 is 0 Å². The highest BCUT2D eigenvalue weighted by Crippen LogP contribution is 2.45. The third-order valence-corrected chi connectivity index (χ3v) is 5.38. The molecule has 0 aromatic heterocycles. The number of halogens is 1. The van der Waals surface area contributed by atoms with Gasteiger partial charge in [-0.3, -0.25) is 10.8 Å². The Morgan fingerprint density at radius 3 is 2.21 bits per heavy atom. The second kappa shape index (κ2) is 6.40. The van der Waals surface area contributed by atoms with Crippen LogP contribution in [0.15, 0.2) is 48.5 Å². The van der Waals surface area contributed by atoms with Gasteiger partial charge in [0.25, 0.3) is 0 Å². The summed E-state index contributed by atoms with van der Waals surface area (Å²) in [5.74, 6) is 0.864. The van der Waals surface area contributed by atoms with Crippen LogP contribution in [0.1, 0.15) is 36.0 Å². The summed E-state index contributed by atoms with van der Waals surface area (Å²) in [5.41, 5.74) is 2.74. The monoisotopic (exact) mass is 339 g/mol. The molecule has 3 rings (SSSR count). The van der Waals surface area contributed by atoms with Crippen molar-refractivity contribution in [2.24, 2.45) is 0 Å². The molecule has 0 saturated heterocycles. The number of hydrogen-bond acceptors (Lipinski definition) is 2. The molecule has 0 bridgehead atoms. The van der Waals surface area contributed by atoms with Crippen LogP contribution in [0, 0.1) is 17.7 Å². The summed E-state index contributed by atoms with van der Waals surface area (Å²) < 4.78 is 0. The third kappa shape index (κ3) is 2.73. The molecule has 1 fully saturated rings. The van der Waals surface area contributed by atoms with Crippen LogP contribution in [0.4, 0.5) is 0 Å². The number of aryl methyl sites for hydroxylation is 1. The molecular formula is C20H22ClN3. The smallest absolute Gasteiger partial charge is 0.133 e. The number of nitrogens with one attached hydrogen (secondary N) is 2. The van der Waals surface area contributed by atoms with E-state index in [2.05, 4.69) is 0 Å². The number of likely N-dealkylation sites (N-methyl/N-ethyl adjacent to an activating group) is 1. The van der Waals surface area contributed by atoms with Gasteiger partial charge in [0.05, 0.1) is 5.41 Å². The summed E-state index contributed by atoms with van der Waals surface area (Å²) in [6.07, 6.45) is 2.99. The third-order valence-electron chi connectivity index (χ3n) is 5.13. The van der Waals surface area contributed by atoms with Gasteiger partial charge in [0.15, 0.2) is 0 Å². The molecule has 0 spiro atoms. The minimum absolute atomic E-state index is 0.297. The summed E-state index contributed by atoms with van der Waals surface area (Å²) in [6, 6.07) is 15.7. The van der Waals surface area contributed by atoms with Gasteiger partial charge in [0.2, 0.25) is 0 Å². The Balaban J connectivity index is 1.90. The topological polar surface area (TPSA) is 50.9 Å². The maximum atomic E-state index is 8.79. The Hall–Kier alpha value is -2.13. The molecule has 24 heavy (non-hydrogen) atoms. The Bertz CT molecular complexity index is 776. The van der Waals surface area contributed by atoms with Crippen molar-refractivity contribution in [1.29, 1.82) is 10.8 Å². The molecule has 4 heteroatoms. The van der Waals surface area contributed by atoms with Crippen LogP contribution < -0.4 is 0 Å². The molecule has 0 aliphatic heterocycles. The minimum atomic E-state index is -0.297. The molecule has 124 valence electrons. The molecule has 1 saturated carbocycles. The lowest BCUT2D eigenvalue weighted by atomic mass is 9.63. The van der Waals surface area contributed by atoms with E-state index in [0.29, 0.717) is 16.7 Å². The van der Waals surface area contributed by atoms with Crippen LogP contribution in [0.2, 0.25) is 5.02 Å². The average Bonchev–Trinajstić information content (AvgIpc) is 2.54. The van der Waals surface area contributed by atoms with Crippen LogP contribution in [0.5, 0.6) is 0 Å². The predicted octanol–water partition coefficient (Wildman–Crippen LogP) is 5.00. The molecule has 0 atom stereocenters. The van der Waals surface area contributed by atoms with E-state index >= 15 is 0 Å². The van der Waals surface area contributed by atoms with E-state index in [1.54, 1.807) is 4.90 Å². The molecule has 0 radical (unpaired) electrons. The molecule has 0 amide bonds. The quantitative estimate of drug-likeness (QED) is 0.599. The van der Waals surface area contributed by atoms with Crippen molar-refractivity contribution in [2.45, 2.75) is 31.6 Å². The highest BCUT2D eigenvalue weighted by atomic mass is 35.5. The summed E-state index contributed by atoms with van der Waals surface area (Å²) >= 11 is 6.01. The highest BCUT2D eigenvalue weighted by Gasteiger charge is 2.45. The van der Waals surface area contributed by atoms with Gasteiger partial charge >= 0.3 is 0 Å². The maximum Gasteiger partial charge on any atom is 0.133 e. The van der Waals surface area contributed by atoms with Crippen molar-refractivity contribution in [3.05, 3.63) is 70.2 Å². The molecular weight excluding hydrogens is 318 g/mol. The first-order valence-electron chi connectivity index (χ1n) is 8.19. The van der Waals surface area contributed by atoms with Gasteiger partial charge in [-0.15, -0.1) is 0 Å². The van der Waals surface area contributed by atoms with Gasteiger partial charge < -0.3 is 4.90 Å². The molecule has 3 nitrogen and oxygen atoms in total. The number of nitrogens with zero attached hydrogens (tertiary/aromatic N) is 1. The van der Waals surface area contributed by atoms with Crippen molar-refractivity contribution >= 4 is 23.3 Å². The molecule has 2 aromatic carbocycles. The van der Waals surface area contributed by atoms with E-state index in [1.807, 2.05) is 62.5 Å². The average molecular weight is 340 g/mol. The summed E-state index contributed by atoms with van der Waals surface area (Å²) in [5, 5.41) is 18.0. The van der Waals surface area contributed by atoms with E-state index in [-0.39, 0.29) is 5.41 Å². The fraction of sp³-hybridized carbons (Fsp3) is 0.300. The fourth-order valence-corrected chi connectivity index (χ4v) is 3.54. The van der Waals surface area contributed by atoms with E-state index in [4.69, 9.17) is 22.4 Å². The van der Waals surface area contributed by atoms with Crippen LogP contribution in [-0.2, 0) is 5.41 Å². The Labute approximate surface area is 148 Å². The Kier molecular flexibility index (Phi) is 4.46. The zero-order valence-electron chi connectivity index (χ0n) is 14.1. The SMILES string of the molecule is Cc1ccccc1C(=N)N(C)C(=N)C1(c2ccc(Cl)cc2)CCC1. The van der Waals surface area contributed by atoms with Gasteiger partial charge in [-0.05, 0) is 43.0 Å². The van der Waals surface area contributed by atoms with Crippen molar-refractivity contribution in [3.63, 3.8) is 0 Å². The fourth-order valence-electron chi connectivity index (χ4n) is 3.41. The maximum absolute atomic E-state index is 8.79. The van der Waals surface area contributed by atoms with Gasteiger partial charge in [0, 0.05) is 17.6 Å². The second-order valence-electron chi connectivity index (χ2n) is 6.51. The summed E-state index contributed by atoms with van der Waals surface area (Å²) in [7, 11) is 1.83. The standard InChI is InChI=1S/C20H22ClN3/c1-14-6-3-4-7-17(14)18(22)24(2)19(23)20(12-5-13-20)15-8-10-16(21)11-9-15/h3-4,6-11,22-23H,5,12-13H2,1-2H3. The minimum Gasteiger partial charge on any atom is -0.317 e. The van der Waals surface area contributed by atoms with Crippen LogP contribution >= 0.6 is 11.6 Å². The predicted molar refractivity (Wildman–Crippen MR) is 100 cm³/mol. The Morgan fingerprint density at radius 1 is 1.04 bits per heavy atom. The largest absolute Gasteiger partial charge is 0.317 e. The molecule has 2 aromatic rings. The van der Waals surface area contributed by atoms with Crippen molar-refractivity contribution in [3.8, 4) is 0 Å². The summed E-state index contributed by atoms with van der Waals surface area (Å²) in [4.78, 5) is 1.72. The first-order chi connectivity index (χ1) is 11.5. The van der Waals surface area contributed by atoms with Gasteiger partial charge in [-0.25, -0.2) is 0 Å². The second-order valence-corrected chi connectivity index (χ2v) is 6.95. The highest BCUT2D eigenvalue weighted by molar-refractivity contribution is 6.30. The van der Waals surface area contributed by atoms with Crippen LogP contribution in [0.25, 0.3) is 0 Å². The number of amidine groups is 2. The molecule has 0 heterocycles. The lowest BCUT2D eigenvalue weighted by molar-refractivity contribution is 0.319. The van der Waals surface area contributed by atoms with Gasteiger partial charge in [-0.1, -0.05) is 54.4 Å². The first kappa shape index (κ1) is 16.7. The molecule has 1 aliphatic carbocycles. The molecule has 1 aliphatic rings. The van der Waals surface area contributed by atoms with E-state index in [0.717, 1.165) is 36.0 Å². The molecule has 2 N–H and O–H groups in total. The zero-order chi connectivity index (χ0) is 17.3. The van der Waals surface area contributed by atoms with Crippen molar-refractivity contribution in [2.75, 3.05) is 7.05 Å². The lowest BCUT2D eigenvalue weighted by Crippen LogP contribution is -2.51. The lowest BCUT2D eigenvalue weighted by Gasteiger charge is -2.45. The first-order valence-corrected chi connectivity index (χ1v) is 8.57. The number of rotatable bonds is 3. The van der Waals surface area contributed by atoms with E-state index in [9.17, 15) is 0 Å². The van der Waals surface area contributed by atoms with E-state index in [1.165, 1.54) is 0 Å². The number of benzene rings is 2. The van der Waals surface area contributed by atoms with Crippen LogP contribution in [-0.4, -0.2) is 23.6 Å². The van der Waals surface area contributed by atoms with Gasteiger partial charge in [-0.2, -0.15) is 0 Å². The van der Waals surface area contributed by atoms with Crippen LogP contribution in [0.3, 0.4) is 0 Å². The summed E-state index contributed by atoms with van der Waals surface area (Å²) in [6.45, 7) is 2.00.